The van der Waals surface area contributed by atoms with Gasteiger partial charge in [0.1, 0.15) is 5.25 Å². The van der Waals surface area contributed by atoms with E-state index in [9.17, 15) is 4.79 Å². The van der Waals surface area contributed by atoms with E-state index in [2.05, 4.69) is 4.98 Å². The first-order chi connectivity index (χ1) is 6.43. The van der Waals surface area contributed by atoms with Crippen LogP contribution >= 0.6 is 11.8 Å². The highest BCUT2D eigenvalue weighted by Crippen LogP contribution is 2.23. The summed E-state index contributed by atoms with van der Waals surface area (Å²) in [7, 11) is 1.90. The molecule has 78 valence electrons. The molecule has 5 heteroatoms. The zero-order chi connectivity index (χ0) is 10.9. The van der Waals surface area contributed by atoms with E-state index in [0.717, 1.165) is 16.5 Å². The van der Waals surface area contributed by atoms with Crippen molar-refractivity contribution in [3.05, 3.63) is 11.4 Å². The third kappa shape index (κ3) is 2.09. The topological polar surface area (TPSA) is 55.1 Å². The monoisotopic (exact) mass is 214 g/mol. The first kappa shape index (κ1) is 11.1. The molecule has 0 saturated carbocycles. The summed E-state index contributed by atoms with van der Waals surface area (Å²) in [5.74, 6) is -0.812. The number of carboxylic acid groups (broad SMARTS) is 1. The Balaban J connectivity index is 2.87. The van der Waals surface area contributed by atoms with Crippen molar-refractivity contribution in [3.8, 4) is 0 Å². The van der Waals surface area contributed by atoms with Crippen LogP contribution in [-0.2, 0) is 11.8 Å². The van der Waals surface area contributed by atoms with Crippen LogP contribution in [-0.4, -0.2) is 25.9 Å². The van der Waals surface area contributed by atoms with Crippen LogP contribution in [0.5, 0.6) is 0 Å². The molecular weight excluding hydrogens is 200 g/mol. The Hall–Kier alpha value is -0.970. The van der Waals surface area contributed by atoms with Gasteiger partial charge >= 0.3 is 5.97 Å². The van der Waals surface area contributed by atoms with Gasteiger partial charge in [0, 0.05) is 12.7 Å². The van der Waals surface area contributed by atoms with Gasteiger partial charge in [-0.3, -0.25) is 4.79 Å². The smallest absolute Gasteiger partial charge is 0.316 e. The van der Waals surface area contributed by atoms with Crippen molar-refractivity contribution in [2.45, 2.75) is 31.2 Å². The van der Waals surface area contributed by atoms with Crippen LogP contribution in [0.1, 0.15) is 18.3 Å². The number of imidazole rings is 1. The lowest BCUT2D eigenvalue weighted by Gasteiger charge is -2.05. The molecule has 1 unspecified atom stereocenters. The molecule has 1 heterocycles. The Morgan fingerprint density at radius 2 is 2.14 bits per heavy atom. The van der Waals surface area contributed by atoms with Crippen molar-refractivity contribution in [3.63, 3.8) is 0 Å². The minimum Gasteiger partial charge on any atom is -0.480 e. The van der Waals surface area contributed by atoms with Crippen LogP contribution < -0.4 is 0 Å². The van der Waals surface area contributed by atoms with Gasteiger partial charge in [0.15, 0.2) is 5.16 Å². The van der Waals surface area contributed by atoms with Crippen LogP contribution in [0.3, 0.4) is 0 Å². The van der Waals surface area contributed by atoms with Gasteiger partial charge in [0.05, 0.1) is 5.69 Å². The lowest BCUT2D eigenvalue weighted by atomic mass is 10.4. The molecule has 0 aliphatic heterocycles. The predicted octanol–water partition coefficient (Wildman–Crippen LogP) is 1.60. The number of hydrogen-bond acceptors (Lipinski definition) is 3. The summed E-state index contributed by atoms with van der Waals surface area (Å²) in [6, 6.07) is 0. The Labute approximate surface area is 87.3 Å². The number of aliphatic carboxylic acids is 1. The van der Waals surface area contributed by atoms with E-state index in [0.29, 0.717) is 0 Å². The average molecular weight is 214 g/mol. The largest absolute Gasteiger partial charge is 0.480 e. The van der Waals surface area contributed by atoms with Crippen molar-refractivity contribution in [1.29, 1.82) is 0 Å². The maximum absolute atomic E-state index is 10.6. The number of carbonyl (C=O) groups is 1. The van der Waals surface area contributed by atoms with E-state index in [-0.39, 0.29) is 0 Å². The Bertz CT molecular complexity index is 360. The Morgan fingerprint density at radius 1 is 1.57 bits per heavy atom. The van der Waals surface area contributed by atoms with E-state index < -0.39 is 11.2 Å². The normalized spacial score (nSPS) is 12.9. The summed E-state index contributed by atoms with van der Waals surface area (Å²) >= 11 is 1.27. The fraction of sp³-hybridized carbons (Fsp3) is 0.556. The molecule has 1 atom stereocenters. The van der Waals surface area contributed by atoms with Gasteiger partial charge in [-0.1, -0.05) is 11.8 Å². The first-order valence-electron chi connectivity index (χ1n) is 4.33. The van der Waals surface area contributed by atoms with Gasteiger partial charge in [0.25, 0.3) is 0 Å². The van der Waals surface area contributed by atoms with E-state index in [1.807, 2.05) is 25.5 Å². The van der Waals surface area contributed by atoms with Gasteiger partial charge in [-0.2, -0.15) is 0 Å². The zero-order valence-electron chi connectivity index (χ0n) is 8.74. The van der Waals surface area contributed by atoms with Gasteiger partial charge in [0.2, 0.25) is 0 Å². The minimum absolute atomic E-state index is 0.463. The summed E-state index contributed by atoms with van der Waals surface area (Å²) in [6.45, 7) is 5.55. The lowest BCUT2D eigenvalue weighted by molar-refractivity contribution is -0.136. The number of aromatic nitrogens is 2. The van der Waals surface area contributed by atoms with E-state index >= 15 is 0 Å². The molecule has 14 heavy (non-hydrogen) atoms. The molecule has 0 bridgehead atoms. The van der Waals surface area contributed by atoms with Crippen LogP contribution in [0, 0.1) is 13.8 Å². The molecule has 0 spiro atoms. The maximum atomic E-state index is 10.6. The standard InChI is InChI=1S/C9H14N2O2S/c1-5-6(2)11(4)9(10-5)14-7(3)8(12)13/h7H,1-4H3,(H,12,13). The van der Waals surface area contributed by atoms with Crippen molar-refractivity contribution in [1.82, 2.24) is 9.55 Å². The minimum atomic E-state index is -0.812. The zero-order valence-corrected chi connectivity index (χ0v) is 9.55. The van der Waals surface area contributed by atoms with Crippen LogP contribution in [0.15, 0.2) is 5.16 Å². The number of hydrogen-bond donors (Lipinski definition) is 1. The highest BCUT2D eigenvalue weighted by atomic mass is 32.2. The van der Waals surface area contributed by atoms with Crippen LogP contribution in [0.2, 0.25) is 0 Å². The second-order valence-corrected chi connectivity index (χ2v) is 4.53. The van der Waals surface area contributed by atoms with Crippen molar-refractivity contribution >= 4 is 17.7 Å². The lowest BCUT2D eigenvalue weighted by Crippen LogP contribution is -2.12. The second-order valence-electron chi connectivity index (χ2n) is 3.22. The first-order valence-corrected chi connectivity index (χ1v) is 5.20. The van der Waals surface area contributed by atoms with Gasteiger partial charge in [-0.25, -0.2) is 4.98 Å². The highest BCUT2D eigenvalue weighted by Gasteiger charge is 2.16. The molecular formula is C9H14N2O2S. The summed E-state index contributed by atoms with van der Waals surface area (Å²) in [6.07, 6.45) is 0. The number of aryl methyl sites for hydroxylation is 1. The fourth-order valence-corrected chi connectivity index (χ4v) is 1.90. The molecule has 0 aliphatic rings. The van der Waals surface area contributed by atoms with Gasteiger partial charge in [-0.15, -0.1) is 0 Å². The van der Waals surface area contributed by atoms with Crippen molar-refractivity contribution < 1.29 is 9.90 Å². The Morgan fingerprint density at radius 3 is 2.50 bits per heavy atom. The van der Waals surface area contributed by atoms with E-state index in [1.165, 1.54) is 11.8 Å². The average Bonchev–Trinajstić information content (AvgIpc) is 2.33. The third-order valence-electron chi connectivity index (χ3n) is 2.21. The number of nitrogens with zero attached hydrogens (tertiary/aromatic N) is 2. The molecule has 4 nitrogen and oxygen atoms in total. The summed E-state index contributed by atoms with van der Waals surface area (Å²) < 4.78 is 1.92. The number of thioether (sulfide) groups is 1. The van der Waals surface area contributed by atoms with Gasteiger partial charge in [-0.05, 0) is 20.8 Å². The molecule has 0 aliphatic carbocycles. The molecule has 0 fully saturated rings. The van der Waals surface area contributed by atoms with Crippen LogP contribution in [0.25, 0.3) is 0 Å². The van der Waals surface area contributed by atoms with Crippen molar-refractivity contribution in [2.75, 3.05) is 0 Å². The molecule has 0 radical (unpaired) electrons. The number of rotatable bonds is 3. The highest BCUT2D eigenvalue weighted by molar-refractivity contribution is 8.00. The molecule has 1 aromatic heterocycles. The quantitative estimate of drug-likeness (QED) is 0.776. The molecule has 0 aromatic carbocycles. The van der Waals surface area contributed by atoms with Crippen LogP contribution in [0.4, 0.5) is 0 Å². The number of carboxylic acids is 1. The second kappa shape index (κ2) is 4.04. The van der Waals surface area contributed by atoms with E-state index in [4.69, 9.17) is 5.11 Å². The molecule has 1 rings (SSSR count). The molecule has 0 saturated heterocycles. The Kier molecular flexibility index (Phi) is 3.21. The van der Waals surface area contributed by atoms with Gasteiger partial charge < -0.3 is 9.67 Å². The van der Waals surface area contributed by atoms with Crippen molar-refractivity contribution in [2.24, 2.45) is 7.05 Å². The van der Waals surface area contributed by atoms with E-state index in [1.54, 1.807) is 6.92 Å². The maximum Gasteiger partial charge on any atom is 0.316 e. The molecule has 1 N–H and O–H groups in total. The fourth-order valence-electron chi connectivity index (χ4n) is 0.999. The summed E-state index contributed by atoms with van der Waals surface area (Å²) in [4.78, 5) is 14.9. The SMILES string of the molecule is Cc1nc(SC(C)C(=O)O)n(C)c1C. The predicted molar refractivity (Wildman–Crippen MR) is 55.6 cm³/mol. The molecule has 0 amide bonds. The third-order valence-corrected chi connectivity index (χ3v) is 3.34. The summed E-state index contributed by atoms with van der Waals surface area (Å²) in [5.41, 5.74) is 2.03. The molecule has 1 aromatic rings. The summed E-state index contributed by atoms with van der Waals surface area (Å²) in [5, 5.41) is 9.05.